The Hall–Kier alpha value is -6.17. The molecule has 1 aliphatic carbocycles. The summed E-state index contributed by atoms with van der Waals surface area (Å²) in [6.45, 7) is 0. The molecule has 0 fully saturated rings. The molecule has 0 bridgehead atoms. The van der Waals surface area contributed by atoms with Crippen molar-refractivity contribution in [2.24, 2.45) is 0 Å². The molecule has 0 amide bonds. The van der Waals surface area contributed by atoms with Gasteiger partial charge < -0.3 is 4.57 Å². The normalized spacial score (nSPS) is 14.4. The molecule has 4 nitrogen and oxygen atoms in total. The van der Waals surface area contributed by atoms with Gasteiger partial charge >= 0.3 is 0 Å². The Morgan fingerprint density at radius 2 is 1.22 bits per heavy atom. The first-order chi connectivity index (χ1) is 24.8. The summed E-state index contributed by atoms with van der Waals surface area (Å²) < 4.78 is 4.80. The standard InChI is InChI=1S/C45H30N4S/c1-3-13-30(14-4-1)43-46-44(31-15-5-2-6-16-31)48-45(47-43)38-28-32(27-37-36-19-9-12-22-41(36)50-42(37)38)29-23-25-33(26-24-29)49-39-20-10-7-17-34(39)35-18-8-11-21-40(35)49/h1-15,17-28,31H,16H2. The molecular formula is C45H30N4S. The summed E-state index contributed by atoms with van der Waals surface area (Å²) in [5.74, 6) is 2.30. The summed E-state index contributed by atoms with van der Waals surface area (Å²) in [5, 5.41) is 4.99. The van der Waals surface area contributed by atoms with Crippen molar-refractivity contribution in [3.63, 3.8) is 0 Å². The average molecular weight is 659 g/mol. The van der Waals surface area contributed by atoms with Crippen LogP contribution in [-0.2, 0) is 0 Å². The monoisotopic (exact) mass is 658 g/mol. The lowest BCUT2D eigenvalue weighted by molar-refractivity contribution is 0.764. The molecule has 1 atom stereocenters. The lowest BCUT2D eigenvalue weighted by Gasteiger charge is -2.15. The van der Waals surface area contributed by atoms with Crippen LogP contribution in [0.4, 0.5) is 0 Å². The molecule has 0 radical (unpaired) electrons. The minimum absolute atomic E-state index is 0.0960. The van der Waals surface area contributed by atoms with Crippen molar-refractivity contribution in [3.05, 3.63) is 170 Å². The topological polar surface area (TPSA) is 43.6 Å². The Balaban J connectivity index is 1.17. The first-order valence-corrected chi connectivity index (χ1v) is 17.8. The van der Waals surface area contributed by atoms with E-state index in [0.29, 0.717) is 11.6 Å². The van der Waals surface area contributed by atoms with Gasteiger partial charge in [-0.1, -0.05) is 121 Å². The molecule has 0 saturated heterocycles. The van der Waals surface area contributed by atoms with Crippen LogP contribution >= 0.6 is 11.3 Å². The number of benzene rings is 6. The van der Waals surface area contributed by atoms with Crippen LogP contribution in [0.1, 0.15) is 18.2 Å². The molecule has 6 aromatic carbocycles. The second-order valence-corrected chi connectivity index (χ2v) is 13.8. The third-order valence-corrected chi connectivity index (χ3v) is 11.0. The first kappa shape index (κ1) is 28.8. The van der Waals surface area contributed by atoms with Crippen molar-refractivity contribution >= 4 is 53.3 Å². The van der Waals surface area contributed by atoms with E-state index in [1.165, 1.54) is 42.0 Å². The minimum atomic E-state index is 0.0960. The molecule has 50 heavy (non-hydrogen) atoms. The SMILES string of the molecule is C1=CCC(c2nc(-c3ccccc3)nc(-c3cc(-c4ccc(-n5c6ccccc6c6ccccc65)cc4)cc4c3sc3ccccc34)n2)C=C1. The molecule has 1 aliphatic rings. The molecule has 0 spiro atoms. The van der Waals surface area contributed by atoms with Gasteiger partial charge in [0.2, 0.25) is 0 Å². The molecule has 0 saturated carbocycles. The Morgan fingerprint density at radius 1 is 0.540 bits per heavy atom. The van der Waals surface area contributed by atoms with E-state index >= 15 is 0 Å². The van der Waals surface area contributed by atoms with Crippen molar-refractivity contribution < 1.29 is 0 Å². The van der Waals surface area contributed by atoms with Crippen LogP contribution in [0.2, 0.25) is 0 Å². The van der Waals surface area contributed by atoms with Crippen molar-refractivity contribution in [1.29, 1.82) is 0 Å². The van der Waals surface area contributed by atoms with Crippen LogP contribution in [-0.4, -0.2) is 19.5 Å². The van der Waals surface area contributed by atoms with Crippen LogP contribution in [0, 0.1) is 0 Å². The fraction of sp³-hybridized carbons (Fsp3) is 0.0444. The fourth-order valence-electron chi connectivity index (χ4n) is 7.33. The zero-order valence-electron chi connectivity index (χ0n) is 27.1. The summed E-state index contributed by atoms with van der Waals surface area (Å²) in [6, 6.07) is 49.8. The number of allylic oxidation sites excluding steroid dienone is 4. The van der Waals surface area contributed by atoms with E-state index in [1.54, 1.807) is 11.3 Å². The van der Waals surface area contributed by atoms with Crippen LogP contribution in [0.15, 0.2) is 164 Å². The van der Waals surface area contributed by atoms with E-state index in [1.807, 2.05) is 18.2 Å². The summed E-state index contributed by atoms with van der Waals surface area (Å²) in [4.78, 5) is 15.4. The highest BCUT2D eigenvalue weighted by molar-refractivity contribution is 7.26. The highest BCUT2D eigenvalue weighted by Gasteiger charge is 2.21. The number of thiophene rings is 1. The second kappa shape index (κ2) is 11.8. The van der Waals surface area contributed by atoms with E-state index in [-0.39, 0.29) is 5.92 Å². The van der Waals surface area contributed by atoms with Gasteiger partial charge in [-0.2, -0.15) is 0 Å². The molecule has 236 valence electrons. The number of aromatic nitrogens is 4. The van der Waals surface area contributed by atoms with Gasteiger partial charge in [-0.25, -0.2) is 15.0 Å². The number of para-hydroxylation sites is 2. The predicted octanol–water partition coefficient (Wildman–Crippen LogP) is 11.9. The largest absolute Gasteiger partial charge is 0.309 e. The van der Waals surface area contributed by atoms with Crippen LogP contribution in [0.25, 0.3) is 81.6 Å². The molecule has 3 aromatic heterocycles. The number of rotatable bonds is 5. The van der Waals surface area contributed by atoms with Crippen LogP contribution in [0.3, 0.4) is 0 Å². The van der Waals surface area contributed by atoms with Gasteiger partial charge in [0.1, 0.15) is 5.82 Å². The fourth-order valence-corrected chi connectivity index (χ4v) is 8.52. The lowest BCUT2D eigenvalue weighted by atomic mass is 9.98. The van der Waals surface area contributed by atoms with Crippen molar-refractivity contribution in [1.82, 2.24) is 19.5 Å². The van der Waals surface area contributed by atoms with E-state index in [4.69, 9.17) is 15.0 Å². The maximum atomic E-state index is 5.21. The van der Waals surface area contributed by atoms with Gasteiger partial charge in [0.15, 0.2) is 11.6 Å². The molecular weight excluding hydrogens is 629 g/mol. The summed E-state index contributed by atoms with van der Waals surface area (Å²) >= 11 is 1.80. The number of fused-ring (bicyclic) bond motifs is 6. The number of nitrogens with zero attached hydrogens (tertiary/aromatic N) is 4. The maximum absolute atomic E-state index is 5.21. The average Bonchev–Trinajstić information content (AvgIpc) is 3.74. The molecule has 3 heterocycles. The Kier molecular flexibility index (Phi) is 6.78. The molecule has 0 aliphatic heterocycles. The van der Waals surface area contributed by atoms with Gasteiger partial charge in [0.05, 0.1) is 11.0 Å². The van der Waals surface area contributed by atoms with Gasteiger partial charge in [-0.15, -0.1) is 11.3 Å². The minimum Gasteiger partial charge on any atom is -0.309 e. The first-order valence-electron chi connectivity index (χ1n) is 17.0. The predicted molar refractivity (Wildman–Crippen MR) is 209 cm³/mol. The van der Waals surface area contributed by atoms with Crippen LogP contribution < -0.4 is 0 Å². The molecule has 1 unspecified atom stereocenters. The summed E-state index contributed by atoms with van der Waals surface area (Å²) in [7, 11) is 0. The second-order valence-electron chi connectivity index (χ2n) is 12.8. The molecule has 0 N–H and O–H groups in total. The third-order valence-electron chi connectivity index (χ3n) is 9.75. The Labute approximate surface area is 293 Å². The van der Waals surface area contributed by atoms with E-state index in [0.717, 1.165) is 40.2 Å². The summed E-state index contributed by atoms with van der Waals surface area (Å²) in [6.07, 6.45) is 9.42. The van der Waals surface area contributed by atoms with Crippen molar-refractivity contribution in [2.75, 3.05) is 0 Å². The van der Waals surface area contributed by atoms with Gasteiger partial charge in [-0.05, 0) is 60.0 Å². The highest BCUT2D eigenvalue weighted by Crippen LogP contribution is 2.43. The van der Waals surface area contributed by atoms with Gasteiger partial charge in [-0.3, -0.25) is 0 Å². The Bertz CT molecular complexity index is 2730. The van der Waals surface area contributed by atoms with E-state index < -0.39 is 0 Å². The quantitative estimate of drug-likeness (QED) is 0.185. The van der Waals surface area contributed by atoms with Gasteiger partial charge in [0.25, 0.3) is 0 Å². The lowest BCUT2D eigenvalue weighted by Crippen LogP contribution is -2.08. The maximum Gasteiger partial charge on any atom is 0.165 e. The third kappa shape index (κ3) is 4.78. The van der Waals surface area contributed by atoms with Crippen LogP contribution in [0.5, 0.6) is 0 Å². The van der Waals surface area contributed by atoms with E-state index in [2.05, 4.69) is 150 Å². The number of hydrogen-bond acceptors (Lipinski definition) is 4. The molecule has 5 heteroatoms. The smallest absolute Gasteiger partial charge is 0.165 e. The van der Waals surface area contributed by atoms with Crippen molar-refractivity contribution in [2.45, 2.75) is 12.3 Å². The van der Waals surface area contributed by atoms with Gasteiger partial charge in [0, 0.05) is 53.7 Å². The summed E-state index contributed by atoms with van der Waals surface area (Å²) in [5.41, 5.74) is 7.84. The highest BCUT2D eigenvalue weighted by atomic mass is 32.1. The van der Waals surface area contributed by atoms with E-state index in [9.17, 15) is 0 Å². The Morgan fingerprint density at radius 3 is 1.96 bits per heavy atom. The zero-order chi connectivity index (χ0) is 33.0. The zero-order valence-corrected chi connectivity index (χ0v) is 27.9. The molecule has 10 rings (SSSR count). The molecule has 9 aromatic rings. The number of hydrogen-bond donors (Lipinski definition) is 0. The van der Waals surface area contributed by atoms with Crippen molar-refractivity contribution in [3.8, 4) is 39.6 Å².